The fourth-order valence-electron chi connectivity index (χ4n) is 4.46. The van der Waals surface area contributed by atoms with Crippen LogP contribution in [0.1, 0.15) is 28.3 Å². The molecule has 3 aromatic carbocycles. The molecular formula is C27H24ClNO6. The number of nitrogens with zero attached hydrogens (tertiary/aromatic N) is 1. The molecule has 1 heterocycles. The SMILES string of the molecule is COc1cc(C2/C(=C(\O)c3cc(C)cc(C)c3OC)C(=O)C(=O)N2c2ccccc2)cc(Cl)c1O. The van der Waals surface area contributed by atoms with E-state index in [1.807, 2.05) is 19.9 Å². The van der Waals surface area contributed by atoms with Crippen LogP contribution >= 0.6 is 11.6 Å². The number of Topliss-reactive ketones (excluding diaryl/α,β-unsaturated/α-hetero) is 1. The van der Waals surface area contributed by atoms with Crippen molar-refractivity contribution in [3.63, 3.8) is 0 Å². The summed E-state index contributed by atoms with van der Waals surface area (Å²) in [6, 6.07) is 14.1. The standard InChI is InChI=1S/C27H24ClNO6/c1-14-10-15(2)26(35-4)18(11-14)23(30)21-22(16-12-19(28)24(31)20(13-16)34-3)29(27(33)25(21)32)17-8-6-5-7-9-17/h5-13,22,30-31H,1-4H3/b23-21+. The van der Waals surface area contributed by atoms with Gasteiger partial charge in [-0.25, -0.2) is 0 Å². The van der Waals surface area contributed by atoms with Crippen molar-refractivity contribution in [3.8, 4) is 17.2 Å². The Hall–Kier alpha value is -3.97. The number of methoxy groups -OCH3 is 2. The van der Waals surface area contributed by atoms with Gasteiger partial charge in [0.1, 0.15) is 11.5 Å². The van der Waals surface area contributed by atoms with Crippen LogP contribution in [0.15, 0.2) is 60.2 Å². The van der Waals surface area contributed by atoms with E-state index in [2.05, 4.69) is 0 Å². The highest BCUT2D eigenvalue weighted by atomic mass is 35.5. The van der Waals surface area contributed by atoms with Crippen LogP contribution < -0.4 is 14.4 Å². The molecule has 2 N–H and O–H groups in total. The molecule has 1 amide bonds. The Bertz CT molecular complexity index is 1370. The zero-order valence-electron chi connectivity index (χ0n) is 19.6. The highest BCUT2D eigenvalue weighted by Crippen LogP contribution is 2.46. The molecular weight excluding hydrogens is 470 g/mol. The molecule has 4 rings (SSSR count). The average Bonchev–Trinajstić information content (AvgIpc) is 3.10. The van der Waals surface area contributed by atoms with E-state index in [0.717, 1.165) is 11.1 Å². The van der Waals surface area contributed by atoms with Gasteiger partial charge in [-0.1, -0.05) is 35.9 Å². The normalized spacial score (nSPS) is 17.1. The van der Waals surface area contributed by atoms with Crippen molar-refractivity contribution in [1.29, 1.82) is 0 Å². The van der Waals surface area contributed by atoms with Crippen molar-refractivity contribution < 1.29 is 29.3 Å². The third-order valence-corrected chi connectivity index (χ3v) is 6.23. The molecule has 1 aliphatic heterocycles. The van der Waals surface area contributed by atoms with Gasteiger partial charge in [-0.2, -0.15) is 0 Å². The molecule has 35 heavy (non-hydrogen) atoms. The molecule has 1 aliphatic rings. The molecule has 1 fully saturated rings. The number of aliphatic hydroxyl groups excluding tert-OH is 1. The van der Waals surface area contributed by atoms with Gasteiger partial charge in [-0.3, -0.25) is 14.5 Å². The van der Waals surface area contributed by atoms with Crippen LogP contribution in [0.2, 0.25) is 5.02 Å². The van der Waals surface area contributed by atoms with E-state index in [9.17, 15) is 19.8 Å². The number of rotatable bonds is 5. The number of amides is 1. The maximum Gasteiger partial charge on any atom is 0.300 e. The van der Waals surface area contributed by atoms with Gasteiger partial charge >= 0.3 is 0 Å². The number of hydrogen-bond acceptors (Lipinski definition) is 6. The molecule has 1 saturated heterocycles. The van der Waals surface area contributed by atoms with Gasteiger partial charge in [0.2, 0.25) is 0 Å². The molecule has 0 aromatic heterocycles. The number of carbonyl (C=O) groups is 2. The van der Waals surface area contributed by atoms with Gasteiger partial charge < -0.3 is 19.7 Å². The largest absolute Gasteiger partial charge is 0.507 e. The Kier molecular flexibility index (Phi) is 6.45. The second-order valence-corrected chi connectivity index (χ2v) is 8.63. The summed E-state index contributed by atoms with van der Waals surface area (Å²) in [4.78, 5) is 28.0. The van der Waals surface area contributed by atoms with Crippen molar-refractivity contribution >= 4 is 34.7 Å². The fraction of sp³-hybridized carbons (Fsp3) is 0.185. The summed E-state index contributed by atoms with van der Waals surface area (Å²) in [5, 5.41) is 21.7. The first kappa shape index (κ1) is 24.2. The number of aromatic hydroxyl groups is 1. The molecule has 8 heteroatoms. The zero-order chi connectivity index (χ0) is 25.4. The second kappa shape index (κ2) is 9.35. The lowest BCUT2D eigenvalue weighted by atomic mass is 9.93. The lowest BCUT2D eigenvalue weighted by molar-refractivity contribution is -0.132. The number of ketones is 1. The van der Waals surface area contributed by atoms with Crippen molar-refractivity contribution in [2.24, 2.45) is 0 Å². The Morgan fingerprint density at radius 1 is 1.00 bits per heavy atom. The summed E-state index contributed by atoms with van der Waals surface area (Å²) in [6.45, 7) is 3.68. The van der Waals surface area contributed by atoms with Crippen LogP contribution in [0.5, 0.6) is 17.2 Å². The number of ether oxygens (including phenoxy) is 2. The molecule has 180 valence electrons. The molecule has 1 unspecified atom stereocenters. The zero-order valence-corrected chi connectivity index (χ0v) is 20.4. The third kappa shape index (κ3) is 4.08. The molecule has 1 atom stereocenters. The van der Waals surface area contributed by atoms with E-state index < -0.39 is 17.7 Å². The molecule has 0 radical (unpaired) electrons. The van der Waals surface area contributed by atoms with Gasteiger partial charge in [0.15, 0.2) is 11.5 Å². The summed E-state index contributed by atoms with van der Waals surface area (Å²) in [5.74, 6) is -1.87. The summed E-state index contributed by atoms with van der Waals surface area (Å²) in [6.07, 6.45) is 0. The minimum atomic E-state index is -1.05. The number of hydrogen-bond donors (Lipinski definition) is 2. The first-order chi connectivity index (χ1) is 16.7. The monoisotopic (exact) mass is 493 g/mol. The maximum absolute atomic E-state index is 13.4. The van der Waals surface area contributed by atoms with Crippen molar-refractivity contribution in [1.82, 2.24) is 0 Å². The third-order valence-electron chi connectivity index (χ3n) is 5.94. The van der Waals surface area contributed by atoms with Crippen LogP contribution in [-0.2, 0) is 9.59 Å². The number of phenols is 1. The van der Waals surface area contributed by atoms with Crippen molar-refractivity contribution in [2.45, 2.75) is 19.9 Å². The fourth-order valence-corrected chi connectivity index (χ4v) is 4.68. The number of aliphatic hydroxyl groups is 1. The molecule has 0 aliphatic carbocycles. The number of aryl methyl sites for hydroxylation is 2. The van der Waals surface area contributed by atoms with Crippen molar-refractivity contribution in [2.75, 3.05) is 19.1 Å². The van der Waals surface area contributed by atoms with Crippen molar-refractivity contribution in [3.05, 3.63) is 87.4 Å². The predicted octanol–water partition coefficient (Wildman–Crippen LogP) is 5.31. The lowest BCUT2D eigenvalue weighted by Gasteiger charge is -2.26. The van der Waals surface area contributed by atoms with E-state index in [4.69, 9.17) is 21.1 Å². The van der Waals surface area contributed by atoms with E-state index in [1.54, 1.807) is 36.4 Å². The molecule has 0 saturated carbocycles. The first-order valence-electron chi connectivity index (χ1n) is 10.8. The topological polar surface area (TPSA) is 96.3 Å². The average molecular weight is 494 g/mol. The second-order valence-electron chi connectivity index (χ2n) is 8.22. The quantitative estimate of drug-likeness (QED) is 0.284. The van der Waals surface area contributed by atoms with Crippen LogP contribution in [0, 0.1) is 13.8 Å². The number of benzene rings is 3. The van der Waals surface area contributed by atoms with E-state index in [-0.39, 0.29) is 33.4 Å². The lowest BCUT2D eigenvalue weighted by Crippen LogP contribution is -2.29. The highest BCUT2D eigenvalue weighted by molar-refractivity contribution is 6.51. The van der Waals surface area contributed by atoms with Gasteiger partial charge in [-0.15, -0.1) is 0 Å². The smallest absolute Gasteiger partial charge is 0.300 e. The Balaban J connectivity index is 2.06. The van der Waals surface area contributed by atoms with Crippen LogP contribution in [-0.4, -0.2) is 36.1 Å². The van der Waals surface area contributed by atoms with Crippen LogP contribution in [0.3, 0.4) is 0 Å². The Morgan fingerprint density at radius 2 is 1.69 bits per heavy atom. The predicted molar refractivity (Wildman–Crippen MR) is 133 cm³/mol. The van der Waals surface area contributed by atoms with Gasteiger partial charge in [0.25, 0.3) is 11.7 Å². The number of anilines is 1. The molecule has 0 spiro atoms. The van der Waals surface area contributed by atoms with Gasteiger partial charge in [0.05, 0.1) is 36.4 Å². The number of carbonyl (C=O) groups excluding carboxylic acids is 2. The Labute approximate surface area is 207 Å². The van der Waals surface area contributed by atoms with E-state index in [0.29, 0.717) is 17.0 Å². The maximum atomic E-state index is 13.4. The molecule has 7 nitrogen and oxygen atoms in total. The van der Waals surface area contributed by atoms with Gasteiger partial charge in [-0.05, 0) is 60.9 Å². The Morgan fingerprint density at radius 3 is 2.31 bits per heavy atom. The summed E-state index contributed by atoms with van der Waals surface area (Å²) in [7, 11) is 2.84. The number of para-hydroxylation sites is 1. The highest BCUT2D eigenvalue weighted by Gasteiger charge is 2.47. The van der Waals surface area contributed by atoms with E-state index in [1.165, 1.54) is 31.3 Å². The van der Waals surface area contributed by atoms with Crippen LogP contribution in [0.4, 0.5) is 5.69 Å². The molecule has 3 aromatic rings. The summed E-state index contributed by atoms with van der Waals surface area (Å²) in [5.41, 5.74) is 2.58. The van der Waals surface area contributed by atoms with Crippen LogP contribution in [0.25, 0.3) is 5.76 Å². The molecule has 0 bridgehead atoms. The number of halogens is 1. The summed E-state index contributed by atoms with van der Waals surface area (Å²) < 4.78 is 10.8. The van der Waals surface area contributed by atoms with E-state index >= 15 is 0 Å². The minimum absolute atomic E-state index is 0.0259. The summed E-state index contributed by atoms with van der Waals surface area (Å²) >= 11 is 6.26. The first-order valence-corrected chi connectivity index (χ1v) is 11.2. The van der Waals surface area contributed by atoms with Gasteiger partial charge in [0, 0.05) is 5.69 Å². The minimum Gasteiger partial charge on any atom is -0.507 e. The number of phenolic OH excluding ortho intramolecular Hbond substituents is 1.